The molecule has 1 aromatic heterocycles. The number of hydrogen-bond acceptors (Lipinski definition) is 6. The number of carbonyl (C=O) groups is 1. The zero-order valence-corrected chi connectivity index (χ0v) is 15.5. The molecule has 1 saturated heterocycles. The highest BCUT2D eigenvalue weighted by Gasteiger charge is 2.35. The molecule has 0 aromatic carbocycles. The third-order valence-electron chi connectivity index (χ3n) is 3.64. The van der Waals surface area contributed by atoms with E-state index in [0.29, 0.717) is 19.5 Å². The maximum absolute atomic E-state index is 13.1. The zero-order chi connectivity index (χ0) is 19.7. The predicted octanol–water partition coefficient (Wildman–Crippen LogP) is 2.66. The summed E-state index contributed by atoms with van der Waals surface area (Å²) in [4.78, 5) is 22.8. The lowest BCUT2D eigenvalue weighted by Gasteiger charge is -2.22. The van der Waals surface area contributed by atoms with Crippen molar-refractivity contribution < 1.29 is 22.7 Å². The summed E-state index contributed by atoms with van der Waals surface area (Å²) in [6, 6.07) is 0.668. The van der Waals surface area contributed by atoms with Gasteiger partial charge in [-0.3, -0.25) is 0 Å². The van der Waals surface area contributed by atoms with Gasteiger partial charge in [0, 0.05) is 33.3 Å². The summed E-state index contributed by atoms with van der Waals surface area (Å²) in [6.07, 6.45) is -4.55. The molecule has 0 aliphatic carbocycles. The molecule has 0 radical (unpaired) electrons. The highest BCUT2D eigenvalue weighted by atomic mass is 19.4. The van der Waals surface area contributed by atoms with Gasteiger partial charge in [-0.25, -0.2) is 9.78 Å². The predicted molar refractivity (Wildman–Crippen MR) is 91.3 cm³/mol. The summed E-state index contributed by atoms with van der Waals surface area (Å²) in [5, 5.41) is 2.73. The van der Waals surface area contributed by atoms with E-state index in [9.17, 15) is 18.0 Å². The maximum atomic E-state index is 13.1. The number of alkyl halides is 3. The molecule has 1 amide bonds. The number of rotatable bonds is 3. The van der Waals surface area contributed by atoms with Gasteiger partial charge in [-0.15, -0.1) is 0 Å². The van der Waals surface area contributed by atoms with Crippen LogP contribution in [-0.2, 0) is 10.9 Å². The summed E-state index contributed by atoms with van der Waals surface area (Å²) >= 11 is 0. The Hall–Kier alpha value is -2.26. The molecule has 1 aromatic rings. The Morgan fingerprint density at radius 2 is 1.96 bits per heavy atom. The number of nitrogens with one attached hydrogen (secondary N) is 1. The van der Waals surface area contributed by atoms with Gasteiger partial charge in [0.15, 0.2) is 5.69 Å². The second-order valence-electron chi connectivity index (χ2n) is 7.38. The Morgan fingerprint density at radius 1 is 1.31 bits per heavy atom. The molecule has 0 spiro atoms. The van der Waals surface area contributed by atoms with E-state index in [-0.39, 0.29) is 17.8 Å². The second kappa shape index (κ2) is 7.16. The first kappa shape index (κ1) is 20.1. The minimum atomic E-state index is -4.56. The van der Waals surface area contributed by atoms with E-state index >= 15 is 0 Å². The number of carbonyl (C=O) groups excluding carboxylic acids is 1. The number of anilines is 2. The van der Waals surface area contributed by atoms with Crippen LogP contribution in [-0.4, -0.2) is 54.9 Å². The number of hydrogen-bond donors (Lipinski definition) is 1. The second-order valence-corrected chi connectivity index (χ2v) is 7.38. The number of halogens is 3. The molecular weight excluding hydrogens is 351 g/mol. The Labute approximate surface area is 150 Å². The van der Waals surface area contributed by atoms with Gasteiger partial charge in [0.2, 0.25) is 5.95 Å². The molecule has 26 heavy (non-hydrogen) atoms. The molecule has 2 heterocycles. The summed E-state index contributed by atoms with van der Waals surface area (Å²) in [6.45, 7) is 6.02. The first-order valence-corrected chi connectivity index (χ1v) is 8.23. The van der Waals surface area contributed by atoms with Crippen LogP contribution < -0.4 is 15.1 Å². The van der Waals surface area contributed by atoms with E-state index in [4.69, 9.17) is 4.74 Å². The molecule has 0 unspecified atom stereocenters. The zero-order valence-electron chi connectivity index (χ0n) is 15.5. The number of nitrogens with zero attached hydrogens (tertiary/aromatic N) is 4. The van der Waals surface area contributed by atoms with Crippen molar-refractivity contribution in [1.82, 2.24) is 15.3 Å². The van der Waals surface area contributed by atoms with E-state index < -0.39 is 23.6 Å². The third kappa shape index (κ3) is 5.37. The normalized spacial score (nSPS) is 18.0. The van der Waals surface area contributed by atoms with Crippen LogP contribution in [0.1, 0.15) is 32.9 Å². The lowest BCUT2D eigenvalue weighted by molar-refractivity contribution is -0.141. The van der Waals surface area contributed by atoms with Crippen molar-refractivity contribution in [1.29, 1.82) is 0 Å². The minimum absolute atomic E-state index is 0.00277. The average molecular weight is 375 g/mol. The molecule has 10 heteroatoms. The van der Waals surface area contributed by atoms with Crippen molar-refractivity contribution in [2.75, 3.05) is 37.0 Å². The van der Waals surface area contributed by atoms with Crippen molar-refractivity contribution in [2.24, 2.45) is 0 Å². The molecule has 146 valence electrons. The molecule has 2 rings (SSSR count). The van der Waals surface area contributed by atoms with Crippen molar-refractivity contribution in [2.45, 2.75) is 45.0 Å². The molecule has 1 aliphatic heterocycles. The number of ether oxygens (including phenoxy) is 1. The monoisotopic (exact) mass is 375 g/mol. The molecular formula is C16H24F3N5O2. The van der Waals surface area contributed by atoms with Gasteiger partial charge in [0.05, 0.1) is 6.04 Å². The summed E-state index contributed by atoms with van der Waals surface area (Å²) in [5.74, 6) is 0.169. The highest BCUT2D eigenvalue weighted by Crippen LogP contribution is 2.31. The fourth-order valence-electron chi connectivity index (χ4n) is 2.47. The van der Waals surface area contributed by atoms with Gasteiger partial charge >= 0.3 is 12.3 Å². The standard InChI is InChI=1S/C16H24F3N5O2/c1-15(2,3)26-14(25)20-10-6-7-24(9-10)13-21-11(16(17,18)19)8-12(22-13)23(4)5/h8,10H,6-7,9H2,1-5H3,(H,20,25)/t10-/m0/s1. The minimum Gasteiger partial charge on any atom is -0.444 e. The molecule has 1 N–H and O–H groups in total. The summed E-state index contributed by atoms with van der Waals surface area (Å²) in [7, 11) is 3.23. The molecule has 1 atom stereocenters. The van der Waals surface area contributed by atoms with Crippen molar-refractivity contribution >= 4 is 17.9 Å². The first-order chi connectivity index (χ1) is 11.8. The quantitative estimate of drug-likeness (QED) is 0.876. The largest absolute Gasteiger partial charge is 0.444 e. The van der Waals surface area contributed by atoms with Crippen molar-refractivity contribution in [3.63, 3.8) is 0 Å². The van der Waals surface area contributed by atoms with Gasteiger partial charge in [0.25, 0.3) is 0 Å². The summed E-state index contributed by atoms with van der Waals surface area (Å²) < 4.78 is 44.5. The van der Waals surface area contributed by atoms with E-state index in [2.05, 4.69) is 15.3 Å². The van der Waals surface area contributed by atoms with Crippen LogP contribution in [0.2, 0.25) is 0 Å². The molecule has 0 bridgehead atoms. The highest BCUT2D eigenvalue weighted by molar-refractivity contribution is 5.68. The first-order valence-electron chi connectivity index (χ1n) is 8.23. The Kier molecular flexibility index (Phi) is 5.52. The van der Waals surface area contributed by atoms with Crippen LogP contribution in [0.15, 0.2) is 6.07 Å². The maximum Gasteiger partial charge on any atom is 0.433 e. The Balaban J connectivity index is 2.12. The van der Waals surface area contributed by atoms with Gasteiger partial charge < -0.3 is 19.9 Å². The molecule has 1 fully saturated rings. The topological polar surface area (TPSA) is 70.6 Å². The van der Waals surface area contributed by atoms with Crippen LogP contribution in [0, 0.1) is 0 Å². The van der Waals surface area contributed by atoms with Gasteiger partial charge in [0.1, 0.15) is 11.4 Å². The van der Waals surface area contributed by atoms with E-state index in [1.54, 1.807) is 39.8 Å². The van der Waals surface area contributed by atoms with Gasteiger partial charge in [-0.2, -0.15) is 18.2 Å². The van der Waals surface area contributed by atoms with E-state index in [0.717, 1.165) is 6.07 Å². The molecule has 1 aliphatic rings. The van der Waals surface area contributed by atoms with Gasteiger partial charge in [-0.05, 0) is 27.2 Å². The number of alkyl carbamates (subject to hydrolysis) is 1. The molecule has 7 nitrogen and oxygen atoms in total. The fraction of sp³-hybridized carbons (Fsp3) is 0.688. The SMILES string of the molecule is CN(C)c1cc(C(F)(F)F)nc(N2CC[C@H](NC(=O)OC(C)(C)C)C2)n1. The number of amides is 1. The Bertz CT molecular complexity index is 658. The molecule has 0 saturated carbocycles. The van der Waals surface area contributed by atoms with Crippen molar-refractivity contribution in [3.8, 4) is 0 Å². The van der Waals surface area contributed by atoms with Crippen LogP contribution in [0.4, 0.5) is 29.7 Å². The van der Waals surface area contributed by atoms with E-state index in [1.165, 1.54) is 4.90 Å². The van der Waals surface area contributed by atoms with Crippen LogP contribution in [0.3, 0.4) is 0 Å². The Morgan fingerprint density at radius 3 is 2.50 bits per heavy atom. The smallest absolute Gasteiger partial charge is 0.433 e. The average Bonchev–Trinajstić information content (AvgIpc) is 2.92. The fourth-order valence-corrected chi connectivity index (χ4v) is 2.47. The number of aromatic nitrogens is 2. The van der Waals surface area contributed by atoms with Crippen molar-refractivity contribution in [3.05, 3.63) is 11.8 Å². The van der Waals surface area contributed by atoms with Crippen LogP contribution in [0.5, 0.6) is 0 Å². The summed E-state index contributed by atoms with van der Waals surface area (Å²) in [5.41, 5.74) is -1.61. The van der Waals surface area contributed by atoms with Crippen LogP contribution >= 0.6 is 0 Å². The van der Waals surface area contributed by atoms with E-state index in [1.807, 2.05) is 0 Å². The van der Waals surface area contributed by atoms with Gasteiger partial charge in [-0.1, -0.05) is 0 Å². The lowest BCUT2D eigenvalue weighted by atomic mass is 10.2. The van der Waals surface area contributed by atoms with Crippen LogP contribution in [0.25, 0.3) is 0 Å². The lowest BCUT2D eigenvalue weighted by Crippen LogP contribution is -2.40. The third-order valence-corrected chi connectivity index (χ3v) is 3.64.